The van der Waals surface area contributed by atoms with E-state index in [1.165, 1.54) is 17.3 Å². The Hall–Kier alpha value is -1.79. The first-order valence-corrected chi connectivity index (χ1v) is 7.96. The first kappa shape index (κ1) is 16.6. The molecular formula is C16H21N3O2S. The van der Waals surface area contributed by atoms with E-state index in [-0.39, 0.29) is 17.8 Å². The highest BCUT2D eigenvalue weighted by molar-refractivity contribution is 8.00. The Kier molecular flexibility index (Phi) is 5.26. The van der Waals surface area contributed by atoms with Gasteiger partial charge in [-0.1, -0.05) is 29.5 Å². The Labute approximate surface area is 134 Å². The Bertz CT molecular complexity index is 682. The number of imidazole rings is 1. The van der Waals surface area contributed by atoms with Gasteiger partial charge in [0.05, 0.1) is 23.7 Å². The molecule has 2 N–H and O–H groups in total. The fourth-order valence-electron chi connectivity index (χ4n) is 2.08. The van der Waals surface area contributed by atoms with Crippen LogP contribution in [0.15, 0.2) is 29.6 Å². The molecule has 0 aliphatic heterocycles. The molecule has 1 heterocycles. The molecule has 0 radical (unpaired) electrons. The first-order valence-electron chi connectivity index (χ1n) is 7.08. The smallest absolute Gasteiger partial charge is 0.237 e. The molecule has 0 aliphatic rings. The zero-order valence-electron chi connectivity index (χ0n) is 13.3. The van der Waals surface area contributed by atoms with Gasteiger partial charge in [-0.15, -0.1) is 0 Å². The van der Waals surface area contributed by atoms with Crippen molar-refractivity contribution in [2.75, 3.05) is 5.32 Å². The van der Waals surface area contributed by atoms with Crippen LogP contribution >= 0.6 is 11.8 Å². The van der Waals surface area contributed by atoms with Crippen molar-refractivity contribution in [3.8, 4) is 0 Å². The number of nitrogens with one attached hydrogen (secondary N) is 1. The van der Waals surface area contributed by atoms with Crippen molar-refractivity contribution in [3.63, 3.8) is 0 Å². The molecule has 0 fully saturated rings. The van der Waals surface area contributed by atoms with E-state index in [4.69, 9.17) is 0 Å². The number of carbonyl (C=O) groups is 1. The number of benzene rings is 1. The minimum Gasteiger partial charge on any atom is -0.390 e. The highest BCUT2D eigenvalue weighted by Crippen LogP contribution is 2.24. The van der Waals surface area contributed by atoms with E-state index in [1.54, 1.807) is 10.8 Å². The Morgan fingerprint density at radius 2 is 2.18 bits per heavy atom. The maximum Gasteiger partial charge on any atom is 0.237 e. The van der Waals surface area contributed by atoms with Gasteiger partial charge >= 0.3 is 0 Å². The van der Waals surface area contributed by atoms with E-state index in [2.05, 4.69) is 10.3 Å². The van der Waals surface area contributed by atoms with E-state index in [1.807, 2.05) is 46.0 Å². The van der Waals surface area contributed by atoms with Gasteiger partial charge < -0.3 is 15.0 Å². The maximum absolute atomic E-state index is 12.3. The molecule has 0 aliphatic carbocycles. The molecule has 1 aromatic heterocycles. The molecule has 118 valence electrons. The zero-order valence-corrected chi connectivity index (χ0v) is 14.1. The second-order valence-electron chi connectivity index (χ2n) is 5.32. The van der Waals surface area contributed by atoms with Gasteiger partial charge in [0.25, 0.3) is 0 Å². The van der Waals surface area contributed by atoms with Crippen LogP contribution in [0.4, 0.5) is 5.69 Å². The number of hydrogen-bond donors (Lipinski definition) is 2. The predicted molar refractivity (Wildman–Crippen MR) is 89.0 cm³/mol. The number of anilines is 1. The lowest BCUT2D eigenvalue weighted by Gasteiger charge is -2.14. The fraction of sp³-hybridized carbons (Fsp3) is 0.375. The van der Waals surface area contributed by atoms with Crippen LogP contribution in [0, 0.1) is 13.8 Å². The Balaban J connectivity index is 2.04. The molecule has 2 rings (SSSR count). The minimum absolute atomic E-state index is 0.0623. The Morgan fingerprint density at radius 3 is 2.77 bits per heavy atom. The van der Waals surface area contributed by atoms with Crippen molar-refractivity contribution in [1.29, 1.82) is 0 Å². The van der Waals surface area contributed by atoms with E-state index in [9.17, 15) is 9.90 Å². The Morgan fingerprint density at radius 1 is 1.45 bits per heavy atom. The molecule has 6 heteroatoms. The number of hydrogen-bond acceptors (Lipinski definition) is 4. The van der Waals surface area contributed by atoms with Crippen molar-refractivity contribution < 1.29 is 9.90 Å². The van der Waals surface area contributed by atoms with Crippen LogP contribution < -0.4 is 5.32 Å². The quantitative estimate of drug-likeness (QED) is 0.832. The second-order valence-corrected chi connectivity index (χ2v) is 6.62. The number of aryl methyl sites for hydroxylation is 2. The summed E-state index contributed by atoms with van der Waals surface area (Å²) in [6.07, 6.45) is 1.62. The molecule has 0 saturated carbocycles. The van der Waals surface area contributed by atoms with Crippen molar-refractivity contribution in [1.82, 2.24) is 9.55 Å². The summed E-state index contributed by atoms with van der Waals surface area (Å²) in [5.74, 6) is -0.0644. The van der Waals surface area contributed by atoms with Crippen LogP contribution in [-0.2, 0) is 18.4 Å². The van der Waals surface area contributed by atoms with Gasteiger partial charge in [-0.25, -0.2) is 4.98 Å². The van der Waals surface area contributed by atoms with E-state index < -0.39 is 0 Å². The molecule has 2 aromatic rings. The zero-order chi connectivity index (χ0) is 16.3. The third-order valence-electron chi connectivity index (χ3n) is 3.49. The lowest BCUT2D eigenvalue weighted by molar-refractivity contribution is -0.115. The summed E-state index contributed by atoms with van der Waals surface area (Å²) in [6.45, 7) is 5.79. The van der Waals surface area contributed by atoms with E-state index >= 15 is 0 Å². The molecular weight excluding hydrogens is 298 g/mol. The summed E-state index contributed by atoms with van der Waals surface area (Å²) in [5.41, 5.74) is 3.77. The summed E-state index contributed by atoms with van der Waals surface area (Å²) < 4.78 is 1.80. The van der Waals surface area contributed by atoms with Gasteiger partial charge in [0.1, 0.15) is 0 Å². The SMILES string of the molecule is Cc1ccc(NC(=O)C(C)Sc2ncc(CO)n2C)c(C)c1. The van der Waals surface area contributed by atoms with Gasteiger partial charge in [0.2, 0.25) is 5.91 Å². The van der Waals surface area contributed by atoms with Crippen molar-refractivity contribution in [3.05, 3.63) is 41.2 Å². The highest BCUT2D eigenvalue weighted by Gasteiger charge is 2.18. The first-order chi connectivity index (χ1) is 10.4. The van der Waals surface area contributed by atoms with Crippen molar-refractivity contribution in [2.45, 2.75) is 37.8 Å². The number of aromatic nitrogens is 2. The van der Waals surface area contributed by atoms with Gasteiger partial charge in [-0.05, 0) is 32.4 Å². The number of aliphatic hydroxyl groups excluding tert-OH is 1. The molecule has 0 bridgehead atoms. The van der Waals surface area contributed by atoms with Crippen LogP contribution in [0.5, 0.6) is 0 Å². The normalized spacial score (nSPS) is 12.2. The van der Waals surface area contributed by atoms with E-state index in [0.717, 1.165) is 16.9 Å². The highest BCUT2D eigenvalue weighted by atomic mass is 32.2. The number of carbonyl (C=O) groups excluding carboxylic acids is 1. The van der Waals surface area contributed by atoms with Crippen molar-refractivity contribution >= 4 is 23.4 Å². The molecule has 1 atom stereocenters. The molecule has 0 spiro atoms. The van der Waals surface area contributed by atoms with Gasteiger partial charge in [0.15, 0.2) is 5.16 Å². The van der Waals surface area contributed by atoms with Crippen LogP contribution in [0.1, 0.15) is 23.7 Å². The standard InChI is InChI=1S/C16H21N3O2S/c1-10-5-6-14(11(2)7-10)18-15(21)12(3)22-16-17-8-13(9-20)19(16)4/h5-8,12,20H,9H2,1-4H3,(H,18,21). The summed E-state index contributed by atoms with van der Waals surface area (Å²) >= 11 is 1.37. The number of aliphatic hydroxyl groups is 1. The summed E-state index contributed by atoms with van der Waals surface area (Å²) in [6, 6.07) is 5.94. The average molecular weight is 319 g/mol. The average Bonchev–Trinajstić information content (AvgIpc) is 2.82. The fourth-order valence-corrected chi connectivity index (χ4v) is 2.95. The molecule has 1 amide bonds. The summed E-state index contributed by atoms with van der Waals surface area (Å²) in [7, 11) is 1.83. The lowest BCUT2D eigenvalue weighted by atomic mass is 10.1. The number of amides is 1. The third kappa shape index (κ3) is 3.69. The number of nitrogens with zero attached hydrogens (tertiary/aromatic N) is 2. The largest absolute Gasteiger partial charge is 0.390 e. The monoisotopic (exact) mass is 319 g/mol. The topological polar surface area (TPSA) is 67.2 Å². The molecule has 0 saturated heterocycles. The van der Waals surface area contributed by atoms with Crippen molar-refractivity contribution in [2.24, 2.45) is 7.05 Å². The second kappa shape index (κ2) is 6.98. The molecule has 1 unspecified atom stereocenters. The number of thioether (sulfide) groups is 1. The summed E-state index contributed by atoms with van der Waals surface area (Å²) in [4.78, 5) is 16.6. The van der Waals surface area contributed by atoms with Crippen LogP contribution in [0.25, 0.3) is 0 Å². The predicted octanol–water partition coefficient (Wildman–Crippen LogP) is 2.65. The number of rotatable bonds is 5. The molecule has 5 nitrogen and oxygen atoms in total. The minimum atomic E-state index is -0.284. The maximum atomic E-state index is 12.3. The van der Waals surface area contributed by atoms with Crippen LogP contribution in [0.3, 0.4) is 0 Å². The summed E-state index contributed by atoms with van der Waals surface area (Å²) in [5, 5.41) is 12.6. The van der Waals surface area contributed by atoms with Crippen LogP contribution in [0.2, 0.25) is 0 Å². The molecule has 22 heavy (non-hydrogen) atoms. The van der Waals surface area contributed by atoms with E-state index in [0.29, 0.717) is 5.16 Å². The third-order valence-corrected chi connectivity index (χ3v) is 4.65. The van der Waals surface area contributed by atoms with Gasteiger partial charge in [-0.2, -0.15) is 0 Å². The van der Waals surface area contributed by atoms with Gasteiger partial charge in [0, 0.05) is 12.7 Å². The van der Waals surface area contributed by atoms with Crippen LogP contribution in [-0.4, -0.2) is 25.8 Å². The molecule has 1 aromatic carbocycles. The lowest BCUT2D eigenvalue weighted by Crippen LogP contribution is -2.23. The van der Waals surface area contributed by atoms with Gasteiger partial charge in [-0.3, -0.25) is 4.79 Å².